The number of hydrogen-bond donors (Lipinski definition) is 0. The molecule has 0 fully saturated rings. The van der Waals surface area contributed by atoms with Crippen LogP contribution in [-0.2, 0) is 0 Å². The van der Waals surface area contributed by atoms with Crippen LogP contribution in [0.5, 0.6) is 0 Å². The molecule has 3 nitrogen and oxygen atoms in total. The molecule has 1 aromatic heterocycles. The maximum absolute atomic E-state index is 6.19. The van der Waals surface area contributed by atoms with Crippen molar-refractivity contribution in [3.63, 3.8) is 0 Å². The van der Waals surface area contributed by atoms with Crippen LogP contribution in [0.2, 0.25) is 5.02 Å². The van der Waals surface area contributed by atoms with Gasteiger partial charge in [-0.2, -0.15) is 5.10 Å². The van der Waals surface area contributed by atoms with E-state index >= 15 is 0 Å². The van der Waals surface area contributed by atoms with Crippen LogP contribution in [0.15, 0.2) is 68.5 Å². The monoisotopic (exact) mass is 405 g/mol. The molecule has 0 N–H and O–H groups in total. The van der Waals surface area contributed by atoms with E-state index in [0.29, 0.717) is 5.02 Å². The van der Waals surface area contributed by atoms with Crippen molar-refractivity contribution in [2.45, 2.75) is 0 Å². The van der Waals surface area contributed by atoms with E-state index in [2.05, 4.69) is 32.1 Å². The number of hydrogen-bond acceptors (Lipinski definition) is 3. The minimum atomic E-state index is 0.672. The Hall–Kier alpha value is -1.69. The predicted octanol–water partition coefficient (Wildman–Crippen LogP) is 5.05. The maximum atomic E-state index is 6.19. The summed E-state index contributed by atoms with van der Waals surface area (Å²) in [6, 6.07) is 15.7. The second kappa shape index (κ2) is 7.25. The molecular formula is C17H13BrClN3S. The summed E-state index contributed by atoms with van der Waals surface area (Å²) in [6.07, 6.45) is 1.76. The quantitative estimate of drug-likeness (QED) is 0.545. The van der Waals surface area contributed by atoms with Crippen LogP contribution in [0.1, 0.15) is 5.56 Å². The lowest BCUT2D eigenvalue weighted by molar-refractivity contribution is 0.848. The van der Waals surface area contributed by atoms with E-state index in [0.717, 1.165) is 26.1 Å². The van der Waals surface area contributed by atoms with E-state index in [1.807, 2.05) is 52.5 Å². The summed E-state index contributed by atoms with van der Waals surface area (Å²) in [7, 11) is 1.76. The Kier molecular flexibility index (Phi) is 5.10. The lowest BCUT2D eigenvalue weighted by Gasteiger charge is -2.04. The third kappa shape index (κ3) is 3.63. The highest BCUT2D eigenvalue weighted by Gasteiger charge is 2.07. The first kappa shape index (κ1) is 16.2. The van der Waals surface area contributed by atoms with Crippen LogP contribution in [0.25, 0.3) is 11.3 Å². The minimum absolute atomic E-state index is 0.672. The van der Waals surface area contributed by atoms with Crippen LogP contribution in [-0.4, -0.2) is 17.9 Å². The van der Waals surface area contributed by atoms with Crippen molar-refractivity contribution in [1.82, 2.24) is 4.68 Å². The number of aromatic nitrogens is 1. The highest BCUT2D eigenvalue weighted by atomic mass is 79.9. The normalized spacial score (nSPS) is 12.2. The summed E-state index contributed by atoms with van der Waals surface area (Å²) in [6.45, 7) is 0. The fourth-order valence-corrected chi connectivity index (χ4v) is 3.50. The molecule has 3 rings (SSSR count). The van der Waals surface area contributed by atoms with E-state index in [1.165, 1.54) is 0 Å². The Bertz CT molecular complexity index is 927. The van der Waals surface area contributed by atoms with Gasteiger partial charge < -0.3 is 0 Å². The molecule has 0 atom stereocenters. The van der Waals surface area contributed by atoms with E-state index in [4.69, 9.17) is 11.6 Å². The summed E-state index contributed by atoms with van der Waals surface area (Å²) < 4.78 is 2.85. The molecule has 0 spiro atoms. The first-order valence-corrected chi connectivity index (χ1v) is 8.92. The number of benzene rings is 2. The standard InChI is InChI=1S/C17H13BrClN3S/c1-20-17-22(21-10-13-5-2-3-8-15(13)19)16(11-23-17)12-6-4-7-14(18)9-12/h2-11H,1H3. The maximum Gasteiger partial charge on any atom is 0.205 e. The molecule has 1 heterocycles. The van der Waals surface area contributed by atoms with Gasteiger partial charge in [-0.3, -0.25) is 4.99 Å². The molecule has 0 aliphatic heterocycles. The molecular weight excluding hydrogens is 394 g/mol. The van der Waals surface area contributed by atoms with Crippen LogP contribution in [0.4, 0.5) is 0 Å². The van der Waals surface area contributed by atoms with Crippen molar-refractivity contribution < 1.29 is 0 Å². The summed E-state index contributed by atoms with van der Waals surface area (Å²) in [4.78, 5) is 5.12. The van der Waals surface area contributed by atoms with Crippen LogP contribution < -0.4 is 4.80 Å². The molecule has 116 valence electrons. The van der Waals surface area contributed by atoms with Crippen molar-refractivity contribution in [3.8, 4) is 11.3 Å². The summed E-state index contributed by atoms with van der Waals surface area (Å²) in [5.74, 6) is 0. The first-order chi connectivity index (χ1) is 11.2. The molecule has 2 aromatic carbocycles. The van der Waals surface area contributed by atoms with Crippen LogP contribution >= 0.6 is 38.9 Å². The smallest absolute Gasteiger partial charge is 0.205 e. The van der Waals surface area contributed by atoms with Gasteiger partial charge in [-0.25, -0.2) is 4.68 Å². The lowest BCUT2D eigenvalue weighted by Crippen LogP contribution is -2.11. The van der Waals surface area contributed by atoms with Crippen LogP contribution in [0.3, 0.4) is 0 Å². The molecule has 23 heavy (non-hydrogen) atoms. The Balaban J connectivity index is 2.09. The first-order valence-electron chi connectivity index (χ1n) is 6.87. The van der Waals surface area contributed by atoms with Crippen molar-refractivity contribution >= 4 is 45.1 Å². The third-order valence-electron chi connectivity index (χ3n) is 3.21. The molecule has 0 aliphatic carbocycles. The van der Waals surface area contributed by atoms with Gasteiger partial charge in [-0.05, 0) is 18.2 Å². The molecule has 0 unspecified atom stereocenters. The van der Waals surface area contributed by atoms with Gasteiger partial charge in [-0.15, -0.1) is 11.3 Å². The van der Waals surface area contributed by atoms with Crippen molar-refractivity contribution in [1.29, 1.82) is 0 Å². The highest BCUT2D eigenvalue weighted by Crippen LogP contribution is 2.23. The van der Waals surface area contributed by atoms with Crippen LogP contribution in [0, 0.1) is 0 Å². The number of thiazole rings is 1. The second-order valence-corrected chi connectivity index (χ2v) is 6.87. The van der Waals surface area contributed by atoms with Gasteiger partial charge in [0.1, 0.15) is 0 Å². The van der Waals surface area contributed by atoms with E-state index in [1.54, 1.807) is 24.6 Å². The molecule has 0 radical (unpaired) electrons. The zero-order chi connectivity index (χ0) is 16.2. The van der Waals surface area contributed by atoms with Gasteiger partial charge in [0.15, 0.2) is 0 Å². The van der Waals surface area contributed by atoms with E-state index in [-0.39, 0.29) is 0 Å². The van der Waals surface area contributed by atoms with Gasteiger partial charge in [0.05, 0.1) is 11.9 Å². The lowest BCUT2D eigenvalue weighted by atomic mass is 10.2. The molecule has 0 saturated heterocycles. The molecule has 3 aromatic rings. The molecule has 0 aliphatic rings. The molecule has 0 amide bonds. The fraction of sp³-hybridized carbons (Fsp3) is 0.0588. The summed E-state index contributed by atoms with van der Waals surface area (Å²) >= 11 is 11.2. The Morgan fingerprint density at radius 1 is 1.17 bits per heavy atom. The zero-order valence-corrected chi connectivity index (χ0v) is 15.4. The van der Waals surface area contributed by atoms with Gasteiger partial charge >= 0.3 is 0 Å². The van der Waals surface area contributed by atoms with Crippen molar-refractivity contribution in [2.75, 3.05) is 7.05 Å². The number of rotatable bonds is 3. The number of halogens is 2. The average Bonchev–Trinajstić information content (AvgIpc) is 2.97. The summed E-state index contributed by atoms with van der Waals surface area (Å²) in [5, 5.41) is 7.30. The summed E-state index contributed by atoms with van der Waals surface area (Å²) in [5.41, 5.74) is 2.93. The zero-order valence-electron chi connectivity index (χ0n) is 12.3. The molecule has 0 bridgehead atoms. The Labute approximate surface area is 151 Å². The Morgan fingerprint density at radius 3 is 2.74 bits per heavy atom. The van der Waals surface area contributed by atoms with Crippen molar-refractivity contribution in [2.24, 2.45) is 10.1 Å². The Morgan fingerprint density at radius 2 is 2.00 bits per heavy atom. The predicted molar refractivity (Wildman–Crippen MR) is 101 cm³/mol. The van der Waals surface area contributed by atoms with Gasteiger partial charge in [-0.1, -0.05) is 57.9 Å². The van der Waals surface area contributed by atoms with Crippen molar-refractivity contribution in [3.05, 3.63) is 73.8 Å². The molecule has 0 saturated carbocycles. The highest BCUT2D eigenvalue weighted by molar-refractivity contribution is 9.10. The van der Waals surface area contributed by atoms with E-state index in [9.17, 15) is 0 Å². The average molecular weight is 407 g/mol. The fourth-order valence-electron chi connectivity index (χ4n) is 2.11. The minimum Gasteiger partial charge on any atom is -0.261 e. The SMILES string of the molecule is CN=c1scc(-c2cccc(Br)c2)n1N=Cc1ccccc1Cl. The number of nitrogens with zero attached hydrogens (tertiary/aromatic N) is 3. The van der Waals surface area contributed by atoms with Gasteiger partial charge in [0, 0.05) is 33.0 Å². The molecule has 6 heteroatoms. The van der Waals surface area contributed by atoms with Gasteiger partial charge in [0.2, 0.25) is 4.80 Å². The largest absolute Gasteiger partial charge is 0.261 e. The van der Waals surface area contributed by atoms with E-state index < -0.39 is 0 Å². The second-order valence-electron chi connectivity index (χ2n) is 4.72. The van der Waals surface area contributed by atoms with Gasteiger partial charge in [0.25, 0.3) is 0 Å². The third-order valence-corrected chi connectivity index (χ3v) is 4.96. The topological polar surface area (TPSA) is 29.6 Å².